The van der Waals surface area contributed by atoms with Crippen molar-refractivity contribution in [2.45, 2.75) is 77.3 Å². The van der Waals surface area contributed by atoms with Gasteiger partial charge in [-0.25, -0.2) is 4.79 Å². The lowest BCUT2D eigenvalue weighted by atomic mass is 10.0. The van der Waals surface area contributed by atoms with Gasteiger partial charge in [-0.05, 0) is 75.6 Å². The first-order valence-electron chi connectivity index (χ1n) is 16.1. The van der Waals surface area contributed by atoms with E-state index < -0.39 is 43.0 Å². The van der Waals surface area contributed by atoms with Crippen LogP contribution < -0.4 is 20.1 Å². The molecule has 11 nitrogen and oxygen atoms in total. The highest BCUT2D eigenvalue weighted by Gasteiger charge is 2.32. The SMILES string of the molecule is COc1ccc(NC(=O)N(C)C[C@@H]2OCCCC[C@@H](C)Oc3ccc(NC(=O)CCC(F)(F)F)cc3C(=O)N([C@@H](C)CO)C[C@H]2C)cc1. The zero-order chi connectivity index (χ0) is 35.4. The molecule has 0 spiro atoms. The fourth-order valence-electron chi connectivity index (χ4n) is 5.19. The van der Waals surface area contributed by atoms with Crippen LogP contribution in [0.15, 0.2) is 42.5 Å². The maximum absolute atomic E-state index is 14.2. The first-order valence-corrected chi connectivity index (χ1v) is 16.1. The molecule has 4 amide bonds. The molecule has 2 aromatic rings. The number of aliphatic hydroxyl groups excluding tert-OH is 1. The Morgan fingerprint density at radius 3 is 2.44 bits per heavy atom. The summed E-state index contributed by atoms with van der Waals surface area (Å²) < 4.78 is 55.6. The summed E-state index contributed by atoms with van der Waals surface area (Å²) in [6, 6.07) is 10.3. The molecule has 1 heterocycles. The Morgan fingerprint density at radius 1 is 1.10 bits per heavy atom. The molecular formula is C34H47F3N4O7. The van der Waals surface area contributed by atoms with E-state index in [9.17, 15) is 32.7 Å². The standard InChI is InChI=1S/C34H47F3N4O7/c1-22-19-41(23(2)21-42)32(44)28-18-26(38-31(43)15-16-34(35,36)37)11-14-29(28)48-24(3)8-6-7-17-47-30(22)20-40(4)33(45)39-25-9-12-27(46-5)13-10-25/h9-14,18,22-24,30,42H,6-8,15-17,19-21H2,1-5H3,(H,38,43)(H,39,45)/t22-,23+,24-,30+/m1/s1. The van der Waals surface area contributed by atoms with Gasteiger partial charge in [-0.15, -0.1) is 0 Å². The van der Waals surface area contributed by atoms with Crippen molar-refractivity contribution in [1.82, 2.24) is 9.80 Å². The van der Waals surface area contributed by atoms with Crippen LogP contribution in [0.4, 0.5) is 29.3 Å². The highest BCUT2D eigenvalue weighted by Crippen LogP contribution is 2.29. The number of nitrogens with one attached hydrogen (secondary N) is 2. The molecule has 0 aliphatic carbocycles. The first-order chi connectivity index (χ1) is 22.7. The number of urea groups is 1. The summed E-state index contributed by atoms with van der Waals surface area (Å²) in [5.41, 5.74) is 0.822. The fourth-order valence-corrected chi connectivity index (χ4v) is 5.19. The molecule has 0 fully saturated rings. The van der Waals surface area contributed by atoms with Crippen molar-refractivity contribution in [2.24, 2.45) is 5.92 Å². The van der Waals surface area contributed by atoms with Crippen molar-refractivity contribution in [3.8, 4) is 11.5 Å². The number of benzene rings is 2. The molecule has 0 unspecified atom stereocenters. The normalized spacial score (nSPS) is 20.1. The average Bonchev–Trinajstić information content (AvgIpc) is 3.05. The highest BCUT2D eigenvalue weighted by molar-refractivity contribution is 5.99. The van der Waals surface area contributed by atoms with Crippen molar-refractivity contribution in [1.29, 1.82) is 0 Å². The third-order valence-electron chi connectivity index (χ3n) is 8.11. The Labute approximate surface area is 279 Å². The summed E-state index contributed by atoms with van der Waals surface area (Å²) in [4.78, 5) is 42.5. The van der Waals surface area contributed by atoms with Gasteiger partial charge in [0.25, 0.3) is 5.91 Å². The van der Waals surface area contributed by atoms with Gasteiger partial charge in [-0.1, -0.05) is 6.92 Å². The van der Waals surface area contributed by atoms with Crippen LogP contribution in [0.25, 0.3) is 0 Å². The molecule has 48 heavy (non-hydrogen) atoms. The van der Waals surface area contributed by atoms with Crippen LogP contribution in [0.5, 0.6) is 11.5 Å². The lowest BCUT2D eigenvalue weighted by Gasteiger charge is -2.35. The van der Waals surface area contributed by atoms with Gasteiger partial charge in [0.05, 0.1) is 44.0 Å². The summed E-state index contributed by atoms with van der Waals surface area (Å²) in [7, 11) is 3.21. The topological polar surface area (TPSA) is 130 Å². The largest absolute Gasteiger partial charge is 0.497 e. The summed E-state index contributed by atoms with van der Waals surface area (Å²) in [5, 5.41) is 15.4. The minimum atomic E-state index is -4.48. The zero-order valence-corrected chi connectivity index (χ0v) is 28.1. The van der Waals surface area contributed by atoms with Crippen molar-refractivity contribution in [2.75, 3.05) is 51.1 Å². The van der Waals surface area contributed by atoms with Crippen LogP contribution in [0.1, 0.15) is 63.2 Å². The second kappa shape index (κ2) is 17.9. The second-order valence-corrected chi connectivity index (χ2v) is 12.2. The van der Waals surface area contributed by atoms with Crippen molar-refractivity contribution in [3.05, 3.63) is 48.0 Å². The number of carbonyl (C=O) groups is 3. The number of hydrogen-bond acceptors (Lipinski definition) is 7. The lowest BCUT2D eigenvalue weighted by molar-refractivity contribution is -0.142. The van der Waals surface area contributed by atoms with Gasteiger partial charge < -0.3 is 39.8 Å². The first kappa shape index (κ1) is 38.4. The van der Waals surface area contributed by atoms with E-state index in [1.807, 2.05) is 13.8 Å². The van der Waals surface area contributed by atoms with Gasteiger partial charge in [-0.3, -0.25) is 9.59 Å². The molecule has 1 aliphatic heterocycles. The molecule has 0 aromatic heterocycles. The van der Waals surface area contributed by atoms with Crippen molar-refractivity contribution < 1.29 is 46.9 Å². The van der Waals surface area contributed by atoms with Gasteiger partial charge in [0, 0.05) is 50.5 Å². The van der Waals surface area contributed by atoms with Gasteiger partial charge in [0.15, 0.2) is 0 Å². The number of likely N-dealkylation sites (N-methyl/N-ethyl adjacent to an activating group) is 1. The third kappa shape index (κ3) is 11.9. The van der Waals surface area contributed by atoms with E-state index >= 15 is 0 Å². The average molecular weight is 681 g/mol. The zero-order valence-electron chi connectivity index (χ0n) is 28.1. The van der Waals surface area contributed by atoms with Gasteiger partial charge in [0.2, 0.25) is 5.91 Å². The smallest absolute Gasteiger partial charge is 0.389 e. The second-order valence-electron chi connectivity index (χ2n) is 12.2. The summed E-state index contributed by atoms with van der Waals surface area (Å²) in [5.74, 6) is -0.744. The van der Waals surface area contributed by atoms with E-state index in [1.165, 1.54) is 28.0 Å². The number of fused-ring (bicyclic) bond motifs is 1. The molecule has 0 radical (unpaired) electrons. The van der Waals surface area contributed by atoms with E-state index in [-0.39, 0.29) is 54.7 Å². The van der Waals surface area contributed by atoms with Gasteiger partial charge in [-0.2, -0.15) is 13.2 Å². The number of amides is 4. The van der Waals surface area contributed by atoms with Crippen LogP contribution in [0.2, 0.25) is 0 Å². The Balaban J connectivity index is 1.86. The van der Waals surface area contributed by atoms with Crippen LogP contribution in [-0.2, 0) is 9.53 Å². The molecule has 14 heteroatoms. The Kier molecular flexibility index (Phi) is 14.3. The maximum Gasteiger partial charge on any atom is 0.389 e. The van der Waals surface area contributed by atoms with Crippen LogP contribution in [-0.4, -0.2) is 97.6 Å². The van der Waals surface area contributed by atoms with Crippen molar-refractivity contribution >= 4 is 29.2 Å². The molecule has 0 saturated carbocycles. The Morgan fingerprint density at radius 2 is 1.79 bits per heavy atom. The maximum atomic E-state index is 14.2. The molecule has 0 bridgehead atoms. The number of rotatable bonds is 9. The molecular weight excluding hydrogens is 633 g/mol. The minimum absolute atomic E-state index is 0.0912. The van der Waals surface area contributed by atoms with Crippen LogP contribution >= 0.6 is 0 Å². The van der Waals surface area contributed by atoms with E-state index in [0.29, 0.717) is 24.5 Å². The van der Waals surface area contributed by atoms with Crippen LogP contribution in [0, 0.1) is 5.92 Å². The van der Waals surface area contributed by atoms with Crippen molar-refractivity contribution in [3.63, 3.8) is 0 Å². The molecule has 3 N–H and O–H groups in total. The molecule has 3 rings (SSSR count). The number of anilines is 2. The predicted molar refractivity (Wildman–Crippen MR) is 175 cm³/mol. The molecule has 4 atom stereocenters. The number of ether oxygens (including phenoxy) is 3. The number of hydrogen-bond donors (Lipinski definition) is 3. The fraction of sp³-hybridized carbons (Fsp3) is 0.559. The molecule has 1 aliphatic rings. The number of halogens is 3. The monoisotopic (exact) mass is 680 g/mol. The van der Waals surface area contributed by atoms with E-state index in [0.717, 1.165) is 12.8 Å². The third-order valence-corrected chi connectivity index (χ3v) is 8.11. The van der Waals surface area contributed by atoms with Gasteiger partial charge in [0.1, 0.15) is 11.5 Å². The Hall–Kier alpha value is -4.04. The highest BCUT2D eigenvalue weighted by atomic mass is 19.4. The molecule has 2 aromatic carbocycles. The van der Waals surface area contributed by atoms with Crippen LogP contribution in [0.3, 0.4) is 0 Å². The molecule has 0 saturated heterocycles. The van der Waals surface area contributed by atoms with E-state index in [1.54, 1.807) is 45.3 Å². The number of methoxy groups -OCH3 is 1. The van der Waals surface area contributed by atoms with E-state index in [4.69, 9.17) is 14.2 Å². The number of carbonyl (C=O) groups excluding carboxylic acids is 3. The quantitative estimate of drug-likeness (QED) is 0.299. The predicted octanol–water partition coefficient (Wildman–Crippen LogP) is 5.94. The lowest BCUT2D eigenvalue weighted by Crippen LogP contribution is -2.48. The number of aliphatic hydroxyl groups is 1. The number of alkyl halides is 3. The Bertz CT molecular complexity index is 1360. The van der Waals surface area contributed by atoms with Gasteiger partial charge >= 0.3 is 12.2 Å². The summed E-state index contributed by atoms with van der Waals surface area (Å²) >= 11 is 0. The molecule has 266 valence electrons. The summed E-state index contributed by atoms with van der Waals surface area (Å²) in [6.45, 7) is 5.86. The number of nitrogens with zero attached hydrogens (tertiary/aromatic N) is 2. The summed E-state index contributed by atoms with van der Waals surface area (Å²) in [6.07, 6.45) is -5.15. The minimum Gasteiger partial charge on any atom is -0.497 e. The van der Waals surface area contributed by atoms with E-state index in [2.05, 4.69) is 10.6 Å².